The molecule has 7 heteroatoms. The maximum absolute atomic E-state index is 12.3. The highest BCUT2D eigenvalue weighted by Gasteiger charge is 2.37. The maximum Gasteiger partial charge on any atom is 0.258 e. The number of primary amides is 1. The minimum Gasteiger partial charge on any atom is -0.457 e. The van der Waals surface area contributed by atoms with Crippen molar-refractivity contribution in [2.45, 2.75) is 24.9 Å². The second kappa shape index (κ2) is 5.34. The van der Waals surface area contributed by atoms with Crippen molar-refractivity contribution in [3.63, 3.8) is 0 Å². The third-order valence-electron chi connectivity index (χ3n) is 3.19. The average Bonchev–Trinajstić information content (AvgIpc) is 2.73. The molecule has 3 N–H and O–H groups in total. The zero-order chi connectivity index (χ0) is 14.0. The van der Waals surface area contributed by atoms with Gasteiger partial charge < -0.3 is 20.2 Å². The standard InChI is InChI=1S/C12H15BrN2O4/c13-10-8(2-5-19-10)11(17)15-4-1-3-12(18,7-15)6-9(14)16/h2,5,18H,1,3-4,6-7H2,(H2,14,16). The highest BCUT2D eigenvalue weighted by molar-refractivity contribution is 9.10. The van der Waals surface area contributed by atoms with Crippen LogP contribution >= 0.6 is 15.9 Å². The number of furan rings is 1. The Kier molecular flexibility index (Phi) is 3.96. The van der Waals surface area contributed by atoms with Crippen LogP contribution in [0.25, 0.3) is 0 Å². The van der Waals surface area contributed by atoms with Crippen molar-refractivity contribution in [1.82, 2.24) is 4.90 Å². The van der Waals surface area contributed by atoms with Crippen molar-refractivity contribution in [1.29, 1.82) is 0 Å². The SMILES string of the molecule is NC(=O)CC1(O)CCCN(C(=O)c2ccoc2Br)C1. The number of hydrogen-bond acceptors (Lipinski definition) is 4. The van der Waals surface area contributed by atoms with Gasteiger partial charge in [-0.3, -0.25) is 9.59 Å². The minimum atomic E-state index is -1.23. The van der Waals surface area contributed by atoms with Crippen molar-refractivity contribution < 1.29 is 19.1 Å². The fourth-order valence-electron chi connectivity index (χ4n) is 2.37. The molecule has 0 aliphatic carbocycles. The fourth-order valence-corrected chi connectivity index (χ4v) is 2.78. The molecule has 1 aromatic rings. The highest BCUT2D eigenvalue weighted by atomic mass is 79.9. The molecule has 0 radical (unpaired) electrons. The van der Waals surface area contributed by atoms with Gasteiger partial charge in [0.25, 0.3) is 5.91 Å². The lowest BCUT2D eigenvalue weighted by molar-refractivity contribution is -0.125. The van der Waals surface area contributed by atoms with Gasteiger partial charge in [-0.25, -0.2) is 0 Å². The molecule has 104 valence electrons. The number of carbonyl (C=O) groups is 2. The van der Waals surface area contributed by atoms with Gasteiger partial charge in [-0.2, -0.15) is 0 Å². The molecule has 1 atom stereocenters. The third-order valence-corrected chi connectivity index (χ3v) is 3.81. The van der Waals surface area contributed by atoms with Crippen molar-refractivity contribution in [2.75, 3.05) is 13.1 Å². The predicted molar refractivity (Wildman–Crippen MR) is 70.3 cm³/mol. The smallest absolute Gasteiger partial charge is 0.258 e. The zero-order valence-electron chi connectivity index (χ0n) is 10.3. The van der Waals surface area contributed by atoms with Crippen LogP contribution < -0.4 is 5.73 Å². The van der Waals surface area contributed by atoms with Crippen LogP contribution in [0.4, 0.5) is 0 Å². The van der Waals surface area contributed by atoms with Crippen LogP contribution in [0.5, 0.6) is 0 Å². The summed E-state index contributed by atoms with van der Waals surface area (Å²) in [5.41, 5.74) is 4.30. The molecule has 1 aliphatic heterocycles. The Morgan fingerprint density at radius 1 is 1.58 bits per heavy atom. The van der Waals surface area contributed by atoms with Gasteiger partial charge in [0.05, 0.1) is 30.4 Å². The second-order valence-electron chi connectivity index (χ2n) is 4.81. The summed E-state index contributed by atoms with van der Waals surface area (Å²) in [4.78, 5) is 24.7. The van der Waals surface area contributed by atoms with E-state index in [4.69, 9.17) is 10.2 Å². The lowest BCUT2D eigenvalue weighted by atomic mass is 9.89. The molecule has 2 rings (SSSR count). The molecule has 0 bridgehead atoms. The molecule has 2 heterocycles. The molecule has 1 saturated heterocycles. The number of piperidine rings is 1. The van der Waals surface area contributed by atoms with E-state index in [0.29, 0.717) is 29.6 Å². The van der Waals surface area contributed by atoms with Gasteiger partial charge in [-0.15, -0.1) is 0 Å². The van der Waals surface area contributed by atoms with E-state index in [9.17, 15) is 14.7 Å². The van der Waals surface area contributed by atoms with Gasteiger partial charge in [0, 0.05) is 6.54 Å². The first-order valence-electron chi connectivity index (χ1n) is 5.94. The number of carbonyl (C=O) groups excluding carboxylic acids is 2. The summed E-state index contributed by atoms with van der Waals surface area (Å²) in [6, 6.07) is 1.56. The molecule has 19 heavy (non-hydrogen) atoms. The van der Waals surface area contributed by atoms with Crippen LogP contribution in [-0.2, 0) is 4.79 Å². The summed E-state index contributed by atoms with van der Waals surface area (Å²) in [6.45, 7) is 0.643. The van der Waals surface area contributed by atoms with Crippen LogP contribution in [0.3, 0.4) is 0 Å². The number of nitrogens with zero attached hydrogens (tertiary/aromatic N) is 1. The first kappa shape index (κ1) is 14.1. The van der Waals surface area contributed by atoms with Crippen LogP contribution in [0, 0.1) is 0 Å². The number of aliphatic hydroxyl groups is 1. The first-order valence-corrected chi connectivity index (χ1v) is 6.73. The molecular weight excluding hydrogens is 316 g/mol. The van der Waals surface area contributed by atoms with E-state index in [0.717, 1.165) is 0 Å². The summed E-state index contributed by atoms with van der Waals surface area (Å²) < 4.78 is 5.39. The largest absolute Gasteiger partial charge is 0.457 e. The number of hydrogen-bond donors (Lipinski definition) is 2. The Hall–Kier alpha value is -1.34. The predicted octanol–water partition coefficient (Wildman–Crippen LogP) is 0.885. The number of halogens is 1. The minimum absolute atomic E-state index is 0.104. The molecule has 1 unspecified atom stereocenters. The molecule has 1 aliphatic rings. The van der Waals surface area contributed by atoms with E-state index < -0.39 is 11.5 Å². The van der Waals surface area contributed by atoms with Crippen LogP contribution in [-0.4, -0.2) is 40.5 Å². The number of rotatable bonds is 3. The highest BCUT2D eigenvalue weighted by Crippen LogP contribution is 2.27. The molecule has 0 aromatic carbocycles. The lowest BCUT2D eigenvalue weighted by Crippen LogP contribution is -2.51. The molecule has 6 nitrogen and oxygen atoms in total. The Bertz CT molecular complexity index is 502. The summed E-state index contributed by atoms with van der Waals surface area (Å²) in [5.74, 6) is -0.801. The van der Waals surface area contributed by atoms with E-state index in [2.05, 4.69) is 15.9 Å². The maximum atomic E-state index is 12.3. The van der Waals surface area contributed by atoms with E-state index >= 15 is 0 Å². The topological polar surface area (TPSA) is 96.8 Å². The summed E-state index contributed by atoms with van der Waals surface area (Å²) in [7, 11) is 0. The van der Waals surface area contributed by atoms with Gasteiger partial charge >= 0.3 is 0 Å². The Labute approximate surface area is 118 Å². The van der Waals surface area contributed by atoms with Crippen molar-refractivity contribution in [3.8, 4) is 0 Å². The molecule has 0 saturated carbocycles. The summed E-state index contributed by atoms with van der Waals surface area (Å²) in [6.07, 6.45) is 2.37. The molecular formula is C12H15BrN2O4. The van der Waals surface area contributed by atoms with E-state index in [1.54, 1.807) is 6.07 Å². The van der Waals surface area contributed by atoms with E-state index in [-0.39, 0.29) is 18.9 Å². The number of likely N-dealkylation sites (tertiary alicyclic amines) is 1. The number of amides is 2. The lowest BCUT2D eigenvalue weighted by Gasteiger charge is -2.38. The first-order chi connectivity index (χ1) is 8.91. The van der Waals surface area contributed by atoms with Gasteiger partial charge in [-0.05, 0) is 34.8 Å². The van der Waals surface area contributed by atoms with Crippen LogP contribution in [0.15, 0.2) is 21.4 Å². The molecule has 2 amide bonds. The van der Waals surface area contributed by atoms with Gasteiger partial charge in [0.1, 0.15) is 0 Å². The quantitative estimate of drug-likeness (QED) is 0.859. The van der Waals surface area contributed by atoms with Gasteiger partial charge in [-0.1, -0.05) is 0 Å². The van der Waals surface area contributed by atoms with Crippen molar-refractivity contribution >= 4 is 27.7 Å². The Balaban J connectivity index is 2.11. The monoisotopic (exact) mass is 330 g/mol. The molecule has 0 spiro atoms. The summed E-state index contributed by atoms with van der Waals surface area (Å²) in [5, 5.41) is 10.3. The average molecular weight is 331 g/mol. The van der Waals surface area contributed by atoms with Gasteiger partial charge in [0.2, 0.25) is 5.91 Å². The third kappa shape index (κ3) is 3.16. The fraction of sp³-hybridized carbons (Fsp3) is 0.500. The number of β-amino-alcohol motifs (C(OH)–C–C–N with tert-alkyl or cyclic N) is 1. The number of nitrogens with two attached hydrogens (primary N) is 1. The van der Waals surface area contributed by atoms with Crippen molar-refractivity contribution in [2.24, 2.45) is 5.73 Å². The van der Waals surface area contributed by atoms with Gasteiger partial charge in [0.15, 0.2) is 4.67 Å². The Morgan fingerprint density at radius 3 is 2.89 bits per heavy atom. The van der Waals surface area contributed by atoms with Crippen LogP contribution in [0.1, 0.15) is 29.6 Å². The molecule has 1 aromatic heterocycles. The normalized spacial score (nSPS) is 23.4. The second-order valence-corrected chi connectivity index (χ2v) is 5.53. The van der Waals surface area contributed by atoms with Crippen LogP contribution in [0.2, 0.25) is 0 Å². The molecule has 1 fully saturated rings. The zero-order valence-corrected chi connectivity index (χ0v) is 11.9. The van der Waals surface area contributed by atoms with E-state index in [1.807, 2.05) is 0 Å². The Morgan fingerprint density at radius 2 is 2.32 bits per heavy atom. The van der Waals surface area contributed by atoms with Crippen molar-refractivity contribution in [3.05, 3.63) is 22.6 Å². The van der Waals surface area contributed by atoms with E-state index in [1.165, 1.54) is 11.2 Å². The summed E-state index contributed by atoms with van der Waals surface area (Å²) >= 11 is 3.15.